The van der Waals surface area contributed by atoms with E-state index >= 15 is 0 Å². The van der Waals surface area contributed by atoms with Crippen LogP contribution in [0, 0.1) is 0 Å². The van der Waals surface area contributed by atoms with Crippen LogP contribution >= 0.6 is 0 Å². The summed E-state index contributed by atoms with van der Waals surface area (Å²) in [5.74, 6) is -0.623. The minimum atomic E-state index is -1.11. The van der Waals surface area contributed by atoms with Gasteiger partial charge in [-0.05, 0) is 6.07 Å². The molecule has 4 N–H and O–H groups in total. The van der Waals surface area contributed by atoms with Crippen LogP contribution in [0.4, 0.5) is 0 Å². The van der Waals surface area contributed by atoms with Gasteiger partial charge in [-0.2, -0.15) is 0 Å². The number of carboxylic acid groups (broad SMARTS) is 1. The van der Waals surface area contributed by atoms with Crippen LogP contribution in [-0.2, 0) is 10.2 Å². The first-order valence-corrected chi connectivity index (χ1v) is 5.16. The molecule has 94 valence electrons. The van der Waals surface area contributed by atoms with Crippen LogP contribution in [0.2, 0.25) is 0 Å². The molecule has 1 aromatic carbocycles. The summed E-state index contributed by atoms with van der Waals surface area (Å²) in [6.45, 7) is 3.35. The van der Waals surface area contributed by atoms with E-state index in [-0.39, 0.29) is 5.75 Å². The third-order valence-corrected chi connectivity index (χ3v) is 2.94. The maximum absolute atomic E-state index is 10.9. The fourth-order valence-corrected chi connectivity index (χ4v) is 1.66. The molecule has 17 heavy (non-hydrogen) atoms. The second kappa shape index (κ2) is 4.63. The molecule has 5 heteroatoms. The first kappa shape index (κ1) is 13.3. The van der Waals surface area contributed by atoms with Crippen LogP contribution in [-0.4, -0.2) is 29.3 Å². The van der Waals surface area contributed by atoms with E-state index in [1.165, 1.54) is 13.2 Å². The molecule has 0 bridgehead atoms. The first-order valence-electron chi connectivity index (χ1n) is 5.16. The number of nitrogens with two attached hydrogens (primary N) is 1. The van der Waals surface area contributed by atoms with Crippen molar-refractivity contribution in [2.45, 2.75) is 25.3 Å². The van der Waals surface area contributed by atoms with E-state index in [2.05, 4.69) is 0 Å². The van der Waals surface area contributed by atoms with Crippen molar-refractivity contribution in [1.82, 2.24) is 0 Å². The van der Waals surface area contributed by atoms with Gasteiger partial charge in [0.15, 0.2) is 0 Å². The number of methoxy groups -OCH3 is 1. The van der Waals surface area contributed by atoms with Crippen molar-refractivity contribution < 1.29 is 19.7 Å². The number of hydrogen-bond acceptors (Lipinski definition) is 4. The smallest absolute Gasteiger partial charge is 0.321 e. The van der Waals surface area contributed by atoms with E-state index in [0.29, 0.717) is 11.3 Å². The van der Waals surface area contributed by atoms with Gasteiger partial charge in [-0.15, -0.1) is 0 Å². The lowest BCUT2D eigenvalue weighted by Crippen LogP contribution is -2.46. The zero-order chi connectivity index (χ0) is 13.2. The fraction of sp³-hybridized carbons (Fsp3) is 0.417. The van der Waals surface area contributed by atoms with Gasteiger partial charge in [0, 0.05) is 17.0 Å². The van der Waals surface area contributed by atoms with Gasteiger partial charge < -0.3 is 20.7 Å². The Morgan fingerprint density at radius 2 is 2.06 bits per heavy atom. The summed E-state index contributed by atoms with van der Waals surface area (Å²) in [5.41, 5.74) is 5.23. The number of phenols is 1. The average Bonchev–Trinajstić information content (AvgIpc) is 2.27. The Labute approximate surface area is 99.8 Å². The van der Waals surface area contributed by atoms with E-state index in [9.17, 15) is 9.90 Å². The van der Waals surface area contributed by atoms with E-state index in [1.807, 2.05) is 0 Å². The van der Waals surface area contributed by atoms with Gasteiger partial charge in [0.1, 0.15) is 17.5 Å². The molecular formula is C12H17NO4. The molecule has 1 atom stereocenters. The van der Waals surface area contributed by atoms with Crippen LogP contribution in [0.3, 0.4) is 0 Å². The summed E-state index contributed by atoms with van der Waals surface area (Å²) in [5, 5.41) is 18.8. The molecule has 0 spiro atoms. The van der Waals surface area contributed by atoms with Gasteiger partial charge in [0.05, 0.1) is 7.11 Å². The number of hydrogen-bond donors (Lipinski definition) is 3. The summed E-state index contributed by atoms with van der Waals surface area (Å²) in [6, 6.07) is 3.62. The largest absolute Gasteiger partial charge is 0.508 e. The second-order valence-electron chi connectivity index (χ2n) is 4.42. The highest BCUT2D eigenvalue weighted by Gasteiger charge is 2.35. The number of aliphatic carboxylic acids is 1. The molecule has 5 nitrogen and oxygen atoms in total. The molecule has 1 aromatic rings. The van der Waals surface area contributed by atoms with Crippen molar-refractivity contribution in [2.24, 2.45) is 5.73 Å². The Morgan fingerprint density at radius 3 is 2.47 bits per heavy atom. The molecule has 0 aliphatic rings. The minimum Gasteiger partial charge on any atom is -0.508 e. The van der Waals surface area contributed by atoms with Crippen LogP contribution in [0.15, 0.2) is 18.2 Å². The number of phenolic OH excluding ortho intramolecular Hbond substituents is 1. The Morgan fingerprint density at radius 1 is 1.47 bits per heavy atom. The van der Waals surface area contributed by atoms with Gasteiger partial charge in [-0.25, -0.2) is 0 Å². The molecule has 1 rings (SSSR count). The molecule has 0 saturated heterocycles. The van der Waals surface area contributed by atoms with Crippen molar-refractivity contribution in [3.05, 3.63) is 23.8 Å². The average molecular weight is 239 g/mol. The van der Waals surface area contributed by atoms with Crippen LogP contribution in [0.5, 0.6) is 11.5 Å². The maximum Gasteiger partial charge on any atom is 0.321 e. The standard InChI is InChI=1S/C12H17NO4/c1-12(2,10(13)11(15)16)8-5-4-7(17-3)6-9(8)14/h4-6,10,14H,13H2,1-3H3,(H,15,16). The number of ether oxygens (including phenoxy) is 1. The fourth-order valence-electron chi connectivity index (χ4n) is 1.66. The van der Waals surface area contributed by atoms with Crippen molar-refractivity contribution in [3.63, 3.8) is 0 Å². The predicted molar refractivity (Wildman–Crippen MR) is 63.3 cm³/mol. The highest BCUT2D eigenvalue weighted by atomic mass is 16.5. The zero-order valence-corrected chi connectivity index (χ0v) is 10.1. The molecule has 0 amide bonds. The monoisotopic (exact) mass is 239 g/mol. The van der Waals surface area contributed by atoms with Crippen LogP contribution in [0.1, 0.15) is 19.4 Å². The number of aromatic hydroxyl groups is 1. The number of benzene rings is 1. The van der Waals surface area contributed by atoms with E-state index in [1.54, 1.807) is 26.0 Å². The lowest BCUT2D eigenvalue weighted by Gasteiger charge is -2.29. The lowest BCUT2D eigenvalue weighted by atomic mass is 9.77. The molecule has 0 radical (unpaired) electrons. The normalized spacial score (nSPS) is 13.2. The Hall–Kier alpha value is -1.75. The quantitative estimate of drug-likeness (QED) is 0.731. The molecule has 0 saturated carbocycles. The maximum atomic E-state index is 10.9. The van der Waals surface area contributed by atoms with Gasteiger partial charge in [0.25, 0.3) is 0 Å². The molecule has 0 aliphatic heterocycles. The number of carbonyl (C=O) groups is 1. The molecule has 0 aromatic heterocycles. The SMILES string of the molecule is COc1ccc(C(C)(C)C(N)C(=O)O)c(O)c1. The molecular weight excluding hydrogens is 222 g/mol. The van der Waals surface area contributed by atoms with Crippen molar-refractivity contribution in [2.75, 3.05) is 7.11 Å². The summed E-state index contributed by atoms with van der Waals surface area (Å²) >= 11 is 0. The van der Waals surface area contributed by atoms with Crippen molar-refractivity contribution >= 4 is 5.97 Å². The number of carboxylic acids is 1. The Balaban J connectivity index is 3.19. The molecule has 1 unspecified atom stereocenters. The molecule has 0 aliphatic carbocycles. The summed E-state index contributed by atoms with van der Waals surface area (Å²) in [7, 11) is 1.49. The molecule has 0 heterocycles. The van der Waals surface area contributed by atoms with E-state index in [0.717, 1.165) is 0 Å². The summed E-state index contributed by atoms with van der Waals surface area (Å²) in [4.78, 5) is 10.9. The number of rotatable bonds is 4. The third-order valence-electron chi connectivity index (χ3n) is 2.94. The van der Waals surface area contributed by atoms with Gasteiger partial charge in [0.2, 0.25) is 0 Å². The second-order valence-corrected chi connectivity index (χ2v) is 4.42. The van der Waals surface area contributed by atoms with Gasteiger partial charge in [-0.1, -0.05) is 19.9 Å². The highest BCUT2D eigenvalue weighted by Crippen LogP contribution is 2.35. The van der Waals surface area contributed by atoms with Crippen LogP contribution < -0.4 is 10.5 Å². The van der Waals surface area contributed by atoms with Crippen molar-refractivity contribution in [1.29, 1.82) is 0 Å². The Kier molecular flexibility index (Phi) is 3.63. The topological polar surface area (TPSA) is 92.8 Å². The lowest BCUT2D eigenvalue weighted by molar-refractivity contribution is -0.140. The third kappa shape index (κ3) is 2.50. The molecule has 0 fully saturated rings. The first-order chi connectivity index (χ1) is 7.80. The van der Waals surface area contributed by atoms with Gasteiger partial charge in [-0.3, -0.25) is 4.79 Å². The van der Waals surface area contributed by atoms with E-state index in [4.69, 9.17) is 15.6 Å². The zero-order valence-electron chi connectivity index (χ0n) is 10.1. The van der Waals surface area contributed by atoms with Gasteiger partial charge >= 0.3 is 5.97 Å². The highest BCUT2D eigenvalue weighted by molar-refractivity contribution is 5.76. The summed E-state index contributed by atoms with van der Waals surface area (Å²) < 4.78 is 4.96. The summed E-state index contributed by atoms with van der Waals surface area (Å²) in [6.07, 6.45) is 0. The van der Waals surface area contributed by atoms with E-state index < -0.39 is 17.4 Å². The van der Waals surface area contributed by atoms with Crippen LogP contribution in [0.25, 0.3) is 0 Å². The predicted octanol–water partition coefficient (Wildman–Crippen LogP) is 1.09. The minimum absolute atomic E-state index is 0.0222. The van der Waals surface area contributed by atoms with Crippen molar-refractivity contribution in [3.8, 4) is 11.5 Å². The Bertz CT molecular complexity index is 429.